The van der Waals surface area contributed by atoms with Crippen molar-refractivity contribution in [3.8, 4) is 22.6 Å². The van der Waals surface area contributed by atoms with E-state index in [1.165, 1.54) is 39.0 Å². The van der Waals surface area contributed by atoms with Gasteiger partial charge in [0.15, 0.2) is 6.20 Å². The predicted octanol–water partition coefficient (Wildman–Crippen LogP) is 4.13. The second kappa shape index (κ2) is 6.14. The Hall–Kier alpha value is -3.00. The summed E-state index contributed by atoms with van der Waals surface area (Å²) in [6, 6.07) is 25.9. The maximum absolute atomic E-state index is 2.32. The number of hydrogen-bond acceptors (Lipinski definition) is 0. The van der Waals surface area contributed by atoms with E-state index in [0.29, 0.717) is 0 Å². The van der Waals surface area contributed by atoms with Crippen LogP contribution >= 0.6 is 0 Å². The van der Waals surface area contributed by atoms with Gasteiger partial charge in [-0.2, -0.15) is 9.13 Å². The minimum absolute atomic E-state index is 1.20. The SMILES string of the molecule is Cc1ccccc1-c1c2ccccc2cc(-c2cccc[n+]2C)[n+]1C. The maximum atomic E-state index is 2.32. The normalized spacial score (nSPS) is 11.0. The number of pyridine rings is 2. The summed E-state index contributed by atoms with van der Waals surface area (Å²) in [5, 5.41) is 2.54. The van der Waals surface area contributed by atoms with Crippen molar-refractivity contribution in [1.29, 1.82) is 0 Å². The number of nitrogens with zero attached hydrogens (tertiary/aromatic N) is 2. The van der Waals surface area contributed by atoms with E-state index in [0.717, 1.165) is 0 Å². The first kappa shape index (κ1) is 15.5. The van der Waals surface area contributed by atoms with Crippen molar-refractivity contribution >= 4 is 10.8 Å². The van der Waals surface area contributed by atoms with Crippen molar-refractivity contribution in [3.05, 3.63) is 84.6 Å². The van der Waals surface area contributed by atoms with E-state index in [1.54, 1.807) is 0 Å². The molecule has 0 saturated heterocycles. The average Bonchev–Trinajstić information content (AvgIpc) is 2.63. The first-order chi connectivity index (χ1) is 12.2. The standard InChI is InChI=1S/C23H22N2/c1-17-10-4-6-12-19(17)23-20-13-7-5-11-18(20)16-22(25(23)3)21-14-8-9-15-24(21)2/h4-16H,1-3H3/q+2. The van der Waals surface area contributed by atoms with Gasteiger partial charge in [-0.05, 0) is 36.1 Å². The smallest absolute Gasteiger partial charge is 0.196 e. The molecule has 0 spiro atoms. The van der Waals surface area contributed by atoms with Gasteiger partial charge in [0.05, 0.1) is 5.39 Å². The Balaban J connectivity index is 2.13. The average molecular weight is 326 g/mol. The zero-order chi connectivity index (χ0) is 17.4. The summed E-state index contributed by atoms with van der Waals surface area (Å²) in [6.45, 7) is 2.18. The number of benzene rings is 2. The monoisotopic (exact) mass is 326 g/mol. The number of fused-ring (bicyclic) bond motifs is 1. The molecule has 4 aromatic rings. The molecule has 25 heavy (non-hydrogen) atoms. The lowest BCUT2D eigenvalue weighted by atomic mass is 9.98. The molecule has 0 fully saturated rings. The number of hydrogen-bond donors (Lipinski definition) is 0. The molecule has 2 heteroatoms. The summed E-state index contributed by atoms with van der Waals surface area (Å²) in [7, 11) is 4.26. The van der Waals surface area contributed by atoms with Crippen molar-refractivity contribution in [1.82, 2.24) is 0 Å². The predicted molar refractivity (Wildman–Crippen MR) is 102 cm³/mol. The highest BCUT2D eigenvalue weighted by molar-refractivity contribution is 5.95. The van der Waals surface area contributed by atoms with Gasteiger partial charge in [-0.3, -0.25) is 0 Å². The van der Waals surface area contributed by atoms with E-state index in [9.17, 15) is 0 Å². The third-order valence-corrected chi connectivity index (χ3v) is 4.92. The van der Waals surface area contributed by atoms with Crippen molar-refractivity contribution in [2.24, 2.45) is 14.1 Å². The third kappa shape index (κ3) is 2.60. The quantitative estimate of drug-likeness (QED) is 0.489. The molecule has 2 aromatic carbocycles. The molecule has 0 bridgehead atoms. The second-order valence-electron chi connectivity index (χ2n) is 6.54. The van der Waals surface area contributed by atoms with Gasteiger partial charge >= 0.3 is 0 Å². The van der Waals surface area contributed by atoms with E-state index >= 15 is 0 Å². The van der Waals surface area contributed by atoms with Crippen LogP contribution in [-0.2, 0) is 14.1 Å². The Morgan fingerprint density at radius 3 is 2.24 bits per heavy atom. The summed E-state index contributed by atoms with van der Waals surface area (Å²) < 4.78 is 4.49. The van der Waals surface area contributed by atoms with Gasteiger partial charge in [0.1, 0.15) is 14.1 Å². The van der Waals surface area contributed by atoms with Crippen molar-refractivity contribution < 1.29 is 9.13 Å². The molecule has 2 aromatic heterocycles. The molecule has 0 amide bonds. The van der Waals surface area contributed by atoms with Gasteiger partial charge in [0.2, 0.25) is 5.69 Å². The van der Waals surface area contributed by atoms with Crippen LogP contribution in [0.5, 0.6) is 0 Å². The zero-order valence-electron chi connectivity index (χ0n) is 14.9. The molecule has 0 aliphatic carbocycles. The summed E-state index contributed by atoms with van der Waals surface area (Å²) >= 11 is 0. The molecule has 4 rings (SSSR count). The molecular weight excluding hydrogens is 304 g/mol. The van der Waals surface area contributed by atoms with Gasteiger partial charge in [-0.1, -0.05) is 36.4 Å². The first-order valence-electron chi connectivity index (χ1n) is 8.59. The van der Waals surface area contributed by atoms with Crippen molar-refractivity contribution in [2.45, 2.75) is 6.92 Å². The topological polar surface area (TPSA) is 7.76 Å². The second-order valence-corrected chi connectivity index (χ2v) is 6.54. The Kier molecular flexibility index (Phi) is 3.81. The van der Waals surface area contributed by atoms with E-state index < -0.39 is 0 Å². The Bertz CT molecular complexity index is 1080. The van der Waals surface area contributed by atoms with Crippen molar-refractivity contribution in [3.63, 3.8) is 0 Å². The van der Waals surface area contributed by atoms with E-state index in [1.807, 2.05) is 0 Å². The van der Waals surface area contributed by atoms with Crippen LogP contribution in [0.3, 0.4) is 0 Å². The number of aryl methyl sites for hydroxylation is 2. The Morgan fingerprint density at radius 1 is 0.720 bits per heavy atom. The molecule has 0 aliphatic heterocycles. The van der Waals surface area contributed by atoms with Crippen LogP contribution in [0.2, 0.25) is 0 Å². The molecule has 0 unspecified atom stereocenters. The van der Waals surface area contributed by atoms with Crippen LogP contribution in [0.4, 0.5) is 0 Å². The van der Waals surface area contributed by atoms with E-state index in [4.69, 9.17) is 0 Å². The highest BCUT2D eigenvalue weighted by Crippen LogP contribution is 2.30. The van der Waals surface area contributed by atoms with Crippen LogP contribution in [-0.4, -0.2) is 0 Å². The first-order valence-corrected chi connectivity index (χ1v) is 8.59. The molecule has 0 aliphatic rings. The maximum Gasteiger partial charge on any atom is 0.278 e. The minimum Gasteiger partial charge on any atom is -0.196 e. The zero-order valence-corrected chi connectivity index (χ0v) is 14.9. The van der Waals surface area contributed by atoms with Crippen LogP contribution < -0.4 is 9.13 Å². The fourth-order valence-corrected chi connectivity index (χ4v) is 3.58. The Morgan fingerprint density at radius 2 is 1.44 bits per heavy atom. The van der Waals surface area contributed by atoms with E-state index in [2.05, 4.69) is 109 Å². The number of aromatic nitrogens is 2. The van der Waals surface area contributed by atoms with Gasteiger partial charge in [-0.15, -0.1) is 0 Å². The molecule has 0 atom stereocenters. The molecule has 2 nitrogen and oxygen atoms in total. The minimum atomic E-state index is 1.20. The van der Waals surface area contributed by atoms with Crippen LogP contribution in [0.15, 0.2) is 79.0 Å². The van der Waals surface area contributed by atoms with Crippen LogP contribution in [0.1, 0.15) is 5.56 Å². The summed E-state index contributed by atoms with van der Waals surface area (Å²) in [4.78, 5) is 0. The van der Waals surface area contributed by atoms with Gasteiger partial charge in [0.25, 0.3) is 11.4 Å². The summed E-state index contributed by atoms with van der Waals surface area (Å²) in [6.07, 6.45) is 2.10. The molecule has 122 valence electrons. The lowest BCUT2D eigenvalue weighted by Crippen LogP contribution is -2.40. The summed E-state index contributed by atoms with van der Waals surface area (Å²) in [5.41, 5.74) is 6.24. The van der Waals surface area contributed by atoms with Gasteiger partial charge in [0, 0.05) is 23.8 Å². The highest BCUT2D eigenvalue weighted by Gasteiger charge is 2.26. The van der Waals surface area contributed by atoms with Gasteiger partial charge in [-0.25, -0.2) is 0 Å². The largest absolute Gasteiger partial charge is 0.278 e. The number of rotatable bonds is 2. The Labute approximate surface area is 148 Å². The fraction of sp³-hybridized carbons (Fsp3) is 0.130. The van der Waals surface area contributed by atoms with Gasteiger partial charge < -0.3 is 0 Å². The fourth-order valence-electron chi connectivity index (χ4n) is 3.58. The highest BCUT2D eigenvalue weighted by atomic mass is 15.0. The molecule has 0 N–H and O–H groups in total. The summed E-state index contributed by atoms with van der Waals surface area (Å²) in [5.74, 6) is 0. The van der Waals surface area contributed by atoms with Crippen LogP contribution in [0, 0.1) is 6.92 Å². The van der Waals surface area contributed by atoms with E-state index in [-0.39, 0.29) is 0 Å². The van der Waals surface area contributed by atoms with Crippen molar-refractivity contribution in [2.75, 3.05) is 0 Å². The molecule has 0 radical (unpaired) electrons. The third-order valence-electron chi connectivity index (χ3n) is 4.92. The lowest BCUT2D eigenvalue weighted by Gasteiger charge is -2.10. The molecular formula is C23H22N2+2. The molecule has 0 saturated carbocycles. The van der Waals surface area contributed by atoms with Crippen LogP contribution in [0.25, 0.3) is 33.4 Å². The molecule has 2 heterocycles. The lowest BCUT2D eigenvalue weighted by molar-refractivity contribution is -0.684.